The summed E-state index contributed by atoms with van der Waals surface area (Å²) in [4.78, 5) is 2.95. The predicted molar refractivity (Wildman–Crippen MR) is 55.8 cm³/mol. The average Bonchev–Trinajstić information content (AvgIpc) is 2.21. The second kappa shape index (κ2) is 4.63. The largest absolute Gasteiger partial charge is 0.475 e. The van der Waals surface area contributed by atoms with Gasteiger partial charge in [0.15, 0.2) is 4.98 Å². The molecule has 0 aliphatic carbocycles. The number of nitrogens with zero attached hydrogens (tertiary/aromatic N) is 2. The third kappa shape index (κ3) is 2.24. The minimum absolute atomic E-state index is 0.000000000000000444. The van der Waals surface area contributed by atoms with Crippen molar-refractivity contribution in [2.24, 2.45) is 0 Å². The molecule has 0 radical (unpaired) electrons. The van der Waals surface area contributed by atoms with E-state index in [1.165, 1.54) is 7.11 Å². The number of rotatable bonds is 2. The van der Waals surface area contributed by atoms with Gasteiger partial charge in [-0.25, -0.2) is 0 Å². The molecule has 0 bridgehead atoms. The molecule has 0 aliphatic heterocycles. The number of ether oxygens (including phenoxy) is 1. The third-order valence-corrected chi connectivity index (χ3v) is 2.14. The molecule has 0 fully saturated rings. The molecule has 1 aromatic rings. The van der Waals surface area contributed by atoms with Crippen LogP contribution in [0.3, 0.4) is 0 Å². The van der Waals surface area contributed by atoms with Gasteiger partial charge < -0.3 is 9.84 Å². The van der Waals surface area contributed by atoms with Crippen LogP contribution in [0.25, 0.3) is 10.7 Å². The van der Waals surface area contributed by atoms with Crippen LogP contribution >= 0.6 is 15.9 Å². The fourth-order valence-corrected chi connectivity index (χ4v) is 1.19. The Morgan fingerprint density at radius 3 is 2.43 bits per heavy atom. The first-order chi connectivity index (χ1) is 6.69. The average molecular weight is 256 g/mol. The van der Waals surface area contributed by atoms with Gasteiger partial charge in [0.2, 0.25) is 5.39 Å². The zero-order valence-corrected chi connectivity index (χ0v) is 9.02. The Balaban J connectivity index is 3.16. The molecule has 1 N–H and O–H groups in total. The van der Waals surface area contributed by atoms with Crippen molar-refractivity contribution in [3.63, 3.8) is 0 Å². The van der Waals surface area contributed by atoms with Gasteiger partial charge in [-0.15, -0.1) is 0 Å². The van der Waals surface area contributed by atoms with Gasteiger partial charge in [-0.05, 0) is 24.3 Å². The first-order valence-corrected chi connectivity index (χ1v) is 4.56. The summed E-state index contributed by atoms with van der Waals surface area (Å²) in [5.74, 6) is -0.421. The highest BCUT2D eigenvalue weighted by Crippen LogP contribution is 2.21. The molecule has 0 aliphatic rings. The second-order valence-corrected chi connectivity index (χ2v) is 3.38. The first-order valence-electron chi connectivity index (χ1n) is 3.77. The van der Waals surface area contributed by atoms with Crippen LogP contribution in [0.2, 0.25) is 0 Å². The molecule has 0 saturated carbocycles. The van der Waals surface area contributed by atoms with Gasteiger partial charge in [-0.2, -0.15) is 0 Å². The molecule has 5 heteroatoms. The number of methoxy groups -OCH3 is 1. The molecule has 72 valence electrons. The van der Waals surface area contributed by atoms with Gasteiger partial charge in [-0.1, -0.05) is 15.9 Å². The van der Waals surface area contributed by atoms with Crippen molar-refractivity contribution in [1.82, 2.24) is 0 Å². The molecule has 0 unspecified atom stereocenters. The van der Waals surface area contributed by atoms with E-state index in [1.807, 2.05) is 0 Å². The summed E-state index contributed by atoms with van der Waals surface area (Å²) in [7, 11) is 1.29. The molecule has 14 heavy (non-hydrogen) atoms. The molecular weight excluding hydrogens is 248 g/mol. The van der Waals surface area contributed by atoms with Crippen molar-refractivity contribution >= 4 is 21.6 Å². The smallest absolute Gasteiger partial charge is 0.471 e. The van der Waals surface area contributed by atoms with Crippen molar-refractivity contribution in [2.75, 3.05) is 7.11 Å². The van der Waals surface area contributed by atoms with E-state index >= 15 is 0 Å². The molecule has 0 aromatic heterocycles. The van der Waals surface area contributed by atoms with Crippen molar-refractivity contribution in [3.8, 4) is 0 Å². The van der Waals surface area contributed by atoms with E-state index in [9.17, 15) is 5.11 Å². The summed E-state index contributed by atoms with van der Waals surface area (Å²) in [6, 6.07) is 6.91. The lowest BCUT2D eigenvalue weighted by Crippen LogP contribution is -1.90. The van der Waals surface area contributed by atoms with E-state index in [0.29, 0.717) is 5.56 Å². The third-order valence-electron chi connectivity index (χ3n) is 1.61. The number of hydrogen-bond acceptors (Lipinski definition) is 3. The van der Waals surface area contributed by atoms with Crippen molar-refractivity contribution in [3.05, 3.63) is 45.2 Å². The lowest BCUT2D eigenvalue weighted by atomic mass is 10.2. The minimum Gasteiger partial charge on any atom is -0.475 e. The maximum atomic E-state index is 9.23. The van der Waals surface area contributed by atoms with Crippen molar-refractivity contribution in [2.45, 2.75) is 0 Å². The standard InChI is InChI=1S/C9H7BrN2O2/c1-14-9(13)8(12-11)6-2-4-7(10)5-3-6/h2-5H,1H3/p+1/b9-8-. The van der Waals surface area contributed by atoms with E-state index < -0.39 is 5.95 Å². The van der Waals surface area contributed by atoms with Gasteiger partial charge in [0.05, 0.1) is 12.7 Å². The van der Waals surface area contributed by atoms with Crippen LogP contribution in [0.5, 0.6) is 0 Å². The Kier molecular flexibility index (Phi) is 3.48. The SMILES string of the molecule is CO/C(O)=C(\[N+]#N)c1ccc(Br)cc1. The van der Waals surface area contributed by atoms with Crippen LogP contribution < -0.4 is 0 Å². The molecule has 0 saturated heterocycles. The molecule has 0 amide bonds. The highest BCUT2D eigenvalue weighted by Gasteiger charge is 2.22. The summed E-state index contributed by atoms with van der Waals surface area (Å²) in [5.41, 5.74) is 0.565. The van der Waals surface area contributed by atoms with E-state index in [0.717, 1.165) is 4.47 Å². The van der Waals surface area contributed by atoms with E-state index in [4.69, 9.17) is 5.39 Å². The summed E-state index contributed by atoms with van der Waals surface area (Å²) < 4.78 is 5.46. The lowest BCUT2D eigenvalue weighted by Gasteiger charge is -1.94. The minimum atomic E-state index is -0.421. The van der Waals surface area contributed by atoms with Gasteiger partial charge in [0, 0.05) is 4.47 Å². The van der Waals surface area contributed by atoms with Gasteiger partial charge in [-0.3, -0.25) is 0 Å². The number of halogens is 1. The summed E-state index contributed by atoms with van der Waals surface area (Å²) >= 11 is 3.27. The monoisotopic (exact) mass is 255 g/mol. The van der Waals surface area contributed by atoms with Crippen LogP contribution in [-0.4, -0.2) is 12.2 Å². The first kappa shape index (κ1) is 10.5. The van der Waals surface area contributed by atoms with E-state index in [2.05, 4.69) is 25.6 Å². The van der Waals surface area contributed by atoms with Gasteiger partial charge in [0.25, 0.3) is 0 Å². The number of aliphatic hydroxyl groups is 1. The summed E-state index contributed by atoms with van der Waals surface area (Å²) in [6.07, 6.45) is 0. The van der Waals surface area contributed by atoms with Crippen LogP contribution in [0.15, 0.2) is 34.7 Å². The normalized spacial score (nSPS) is 11.5. The number of diazo groups is 1. The maximum Gasteiger partial charge on any atom is 0.471 e. The highest BCUT2D eigenvalue weighted by atomic mass is 79.9. The lowest BCUT2D eigenvalue weighted by molar-refractivity contribution is 0.139. The Morgan fingerprint density at radius 2 is 2.00 bits per heavy atom. The fraction of sp³-hybridized carbons (Fsp3) is 0.111. The second-order valence-electron chi connectivity index (χ2n) is 2.46. The Labute approximate surface area is 89.6 Å². The van der Waals surface area contributed by atoms with Crippen LogP contribution in [0.4, 0.5) is 0 Å². The Morgan fingerprint density at radius 1 is 1.43 bits per heavy atom. The topological polar surface area (TPSA) is 57.6 Å². The molecule has 4 nitrogen and oxygen atoms in total. The van der Waals surface area contributed by atoms with E-state index in [1.54, 1.807) is 24.3 Å². The van der Waals surface area contributed by atoms with Gasteiger partial charge >= 0.3 is 11.6 Å². The zero-order chi connectivity index (χ0) is 10.6. The Bertz CT molecular complexity index is 392. The fourth-order valence-electron chi connectivity index (χ4n) is 0.928. The number of benzene rings is 1. The quantitative estimate of drug-likeness (QED) is 0.653. The van der Waals surface area contributed by atoms with Crippen LogP contribution in [0.1, 0.15) is 5.56 Å². The van der Waals surface area contributed by atoms with Crippen LogP contribution in [-0.2, 0) is 4.74 Å². The van der Waals surface area contributed by atoms with Gasteiger partial charge in [0.1, 0.15) is 0 Å². The molecule has 0 heterocycles. The molecule has 1 rings (SSSR count). The zero-order valence-electron chi connectivity index (χ0n) is 7.44. The maximum absolute atomic E-state index is 9.23. The molecule has 0 spiro atoms. The predicted octanol–water partition coefficient (Wildman–Crippen LogP) is 3.13. The molecular formula is C9H8BrN2O2+. The van der Waals surface area contributed by atoms with E-state index in [-0.39, 0.29) is 5.70 Å². The molecule has 1 aromatic carbocycles. The summed E-state index contributed by atoms with van der Waals surface area (Å²) in [5, 5.41) is 17.9. The number of aliphatic hydroxyl groups excluding tert-OH is 1. The van der Waals surface area contributed by atoms with Crippen molar-refractivity contribution < 1.29 is 9.84 Å². The highest BCUT2D eigenvalue weighted by molar-refractivity contribution is 9.10. The molecule has 0 atom stereocenters. The van der Waals surface area contributed by atoms with Crippen LogP contribution in [0, 0.1) is 5.39 Å². The Hall–Kier alpha value is -1.54. The number of hydrogen-bond donors (Lipinski definition) is 1. The summed E-state index contributed by atoms with van der Waals surface area (Å²) in [6.45, 7) is 0. The van der Waals surface area contributed by atoms with Crippen molar-refractivity contribution in [1.29, 1.82) is 5.39 Å².